The van der Waals surface area contributed by atoms with Gasteiger partial charge in [0.05, 0.1) is 13.2 Å². The van der Waals surface area contributed by atoms with Crippen molar-refractivity contribution in [1.82, 2.24) is 0 Å². The second-order valence-corrected chi connectivity index (χ2v) is 14.8. The summed E-state index contributed by atoms with van der Waals surface area (Å²) in [7, 11) is 0. The Kier molecular flexibility index (Phi) is 33.7. The zero-order valence-corrected chi connectivity index (χ0v) is 34.9. The predicted octanol–water partition coefficient (Wildman–Crippen LogP) is 9.05. The van der Waals surface area contributed by atoms with E-state index in [1.165, 1.54) is 51.4 Å². The van der Waals surface area contributed by atoms with Crippen molar-refractivity contribution in [1.29, 1.82) is 0 Å². The highest BCUT2D eigenvalue weighted by molar-refractivity contribution is 5.70. The Morgan fingerprint density at radius 3 is 1.61 bits per heavy atom. The van der Waals surface area contributed by atoms with Crippen molar-refractivity contribution in [3.8, 4) is 0 Å². The molecule has 1 aliphatic rings. The minimum absolute atomic E-state index is 0.153. The molecule has 0 amide bonds. The molecule has 0 radical (unpaired) electrons. The maximum absolute atomic E-state index is 12.7. The monoisotopic (exact) mass is 791 g/mol. The van der Waals surface area contributed by atoms with Crippen molar-refractivity contribution in [3.05, 3.63) is 60.8 Å². The number of allylic oxidation sites excluding steroid dienone is 10. The molecule has 10 heteroatoms. The highest BCUT2D eigenvalue weighted by Gasteiger charge is 2.44. The molecule has 1 heterocycles. The van der Waals surface area contributed by atoms with Crippen molar-refractivity contribution in [3.63, 3.8) is 0 Å². The first-order valence-electron chi connectivity index (χ1n) is 21.9. The first-order chi connectivity index (χ1) is 27.3. The molecule has 1 fully saturated rings. The molecule has 0 aliphatic carbocycles. The maximum atomic E-state index is 12.7. The third-order valence-electron chi connectivity index (χ3n) is 9.63. The van der Waals surface area contributed by atoms with E-state index >= 15 is 0 Å². The number of esters is 2. The van der Waals surface area contributed by atoms with Gasteiger partial charge in [-0.15, -0.1) is 0 Å². The Morgan fingerprint density at radius 2 is 1.04 bits per heavy atom. The van der Waals surface area contributed by atoms with Crippen LogP contribution in [-0.4, -0.2) is 89.0 Å². The first kappa shape index (κ1) is 51.4. The smallest absolute Gasteiger partial charge is 0.306 e. The topological polar surface area (TPSA) is 152 Å². The lowest BCUT2D eigenvalue weighted by Crippen LogP contribution is -2.59. The Labute approximate surface area is 339 Å². The van der Waals surface area contributed by atoms with Crippen molar-refractivity contribution < 1.29 is 49.0 Å². The zero-order chi connectivity index (χ0) is 40.9. The van der Waals surface area contributed by atoms with Crippen LogP contribution in [0.2, 0.25) is 0 Å². The Morgan fingerprint density at radius 1 is 0.554 bits per heavy atom. The van der Waals surface area contributed by atoms with Crippen LogP contribution in [0.4, 0.5) is 0 Å². The molecule has 10 nitrogen and oxygen atoms in total. The third kappa shape index (κ3) is 27.9. The van der Waals surface area contributed by atoms with Crippen LogP contribution in [-0.2, 0) is 28.5 Å². The SMILES string of the molecule is CCCC/C=C/C/C=C/CCCCCCCC(=O)OC[C@H](CO[C@@H]1O[C@H](CO)[C@H](O)C(O)C1O)OC(=O)CCC/C=C/C/C=C/C/C=C/CCCCCCCC. The molecule has 0 aromatic carbocycles. The number of aliphatic hydroxyl groups excluding tert-OH is 4. The summed E-state index contributed by atoms with van der Waals surface area (Å²) in [6.45, 7) is 3.29. The summed E-state index contributed by atoms with van der Waals surface area (Å²) in [5, 5.41) is 40.0. The number of aliphatic hydroxyl groups is 4. The van der Waals surface area contributed by atoms with Crippen LogP contribution in [0.25, 0.3) is 0 Å². The molecule has 1 saturated heterocycles. The molecule has 0 spiro atoms. The molecular formula is C46H78O10. The van der Waals surface area contributed by atoms with Crippen LogP contribution in [0.3, 0.4) is 0 Å². The summed E-state index contributed by atoms with van der Waals surface area (Å²) in [5.74, 6) is -0.889. The maximum Gasteiger partial charge on any atom is 0.306 e. The Balaban J connectivity index is 2.41. The van der Waals surface area contributed by atoms with Gasteiger partial charge in [-0.2, -0.15) is 0 Å². The van der Waals surface area contributed by atoms with Gasteiger partial charge in [-0.1, -0.05) is 139 Å². The number of carbonyl (C=O) groups is 2. The van der Waals surface area contributed by atoms with E-state index in [1.54, 1.807) is 0 Å². The van der Waals surface area contributed by atoms with E-state index in [9.17, 15) is 30.0 Å². The molecule has 0 bridgehead atoms. The lowest BCUT2D eigenvalue weighted by molar-refractivity contribution is -0.305. The van der Waals surface area contributed by atoms with Crippen LogP contribution >= 0.6 is 0 Å². The standard InChI is InChI=1S/C46H78O10/c1-3-5-7-9-11-13-15-17-19-20-21-23-25-27-29-31-33-35-42(49)55-39(38-54-46-45(52)44(51)43(50)40(36-47)56-46)37-53-41(48)34-32-30-28-26-24-22-18-16-14-12-10-8-6-4-2/h10,12,16-19,21,23,27,29,39-40,43-47,50-52H,3-9,11,13-15,20,22,24-26,28,30-38H2,1-2H3/b12-10+,18-16+,19-17+,23-21+,29-27+/t39-,40-,43+,44?,45?,46-/m1/s1. The van der Waals surface area contributed by atoms with Gasteiger partial charge in [0, 0.05) is 12.8 Å². The molecule has 322 valence electrons. The molecular weight excluding hydrogens is 712 g/mol. The fraction of sp³-hybridized carbons (Fsp3) is 0.739. The normalized spacial score (nSPS) is 21.0. The highest BCUT2D eigenvalue weighted by atomic mass is 16.7. The largest absolute Gasteiger partial charge is 0.462 e. The lowest BCUT2D eigenvalue weighted by Gasteiger charge is -2.39. The van der Waals surface area contributed by atoms with Crippen molar-refractivity contribution in [2.24, 2.45) is 0 Å². The van der Waals surface area contributed by atoms with E-state index in [2.05, 4.69) is 68.5 Å². The molecule has 1 rings (SSSR count). The average Bonchev–Trinajstić information content (AvgIpc) is 3.19. The lowest BCUT2D eigenvalue weighted by atomic mass is 9.99. The van der Waals surface area contributed by atoms with E-state index < -0.39 is 55.4 Å². The van der Waals surface area contributed by atoms with Gasteiger partial charge in [0.2, 0.25) is 0 Å². The van der Waals surface area contributed by atoms with Gasteiger partial charge in [0.1, 0.15) is 31.0 Å². The van der Waals surface area contributed by atoms with Gasteiger partial charge in [-0.05, 0) is 70.6 Å². The van der Waals surface area contributed by atoms with Gasteiger partial charge in [0.15, 0.2) is 12.4 Å². The van der Waals surface area contributed by atoms with Crippen molar-refractivity contribution in [2.75, 3.05) is 19.8 Å². The Bertz CT molecular complexity index is 1100. The fourth-order valence-corrected chi connectivity index (χ4v) is 6.10. The zero-order valence-electron chi connectivity index (χ0n) is 34.9. The van der Waals surface area contributed by atoms with Gasteiger partial charge in [-0.3, -0.25) is 9.59 Å². The van der Waals surface area contributed by atoms with Crippen molar-refractivity contribution in [2.45, 2.75) is 198 Å². The number of unbranched alkanes of at least 4 members (excludes halogenated alkanes) is 14. The summed E-state index contributed by atoms with van der Waals surface area (Å²) >= 11 is 0. The van der Waals surface area contributed by atoms with Crippen molar-refractivity contribution >= 4 is 11.9 Å². The first-order valence-corrected chi connectivity index (χ1v) is 21.9. The summed E-state index contributed by atoms with van der Waals surface area (Å²) in [6, 6.07) is 0. The van der Waals surface area contributed by atoms with Gasteiger partial charge in [-0.25, -0.2) is 0 Å². The molecule has 0 aromatic rings. The molecule has 56 heavy (non-hydrogen) atoms. The van der Waals surface area contributed by atoms with Gasteiger partial charge < -0.3 is 39.4 Å². The highest BCUT2D eigenvalue weighted by Crippen LogP contribution is 2.22. The van der Waals surface area contributed by atoms with Gasteiger partial charge >= 0.3 is 11.9 Å². The molecule has 0 saturated carbocycles. The van der Waals surface area contributed by atoms with E-state index in [1.807, 2.05) is 6.08 Å². The minimum Gasteiger partial charge on any atom is -0.462 e. The third-order valence-corrected chi connectivity index (χ3v) is 9.63. The van der Waals surface area contributed by atoms with Crippen LogP contribution in [0, 0.1) is 0 Å². The fourth-order valence-electron chi connectivity index (χ4n) is 6.10. The second-order valence-electron chi connectivity index (χ2n) is 14.8. The van der Waals surface area contributed by atoms with E-state index in [0.717, 1.165) is 64.2 Å². The number of ether oxygens (including phenoxy) is 4. The quantitative estimate of drug-likeness (QED) is 0.0278. The van der Waals surface area contributed by atoms with Crippen LogP contribution in [0.1, 0.15) is 162 Å². The summed E-state index contributed by atoms with van der Waals surface area (Å²) < 4.78 is 22.1. The molecule has 1 aliphatic heterocycles. The van der Waals surface area contributed by atoms with Crippen LogP contribution in [0.15, 0.2) is 60.8 Å². The van der Waals surface area contributed by atoms with Crippen LogP contribution < -0.4 is 0 Å². The van der Waals surface area contributed by atoms with E-state index in [0.29, 0.717) is 19.3 Å². The molecule has 0 aromatic heterocycles. The average molecular weight is 791 g/mol. The minimum atomic E-state index is -1.61. The summed E-state index contributed by atoms with van der Waals surface area (Å²) in [6.07, 6.45) is 36.6. The summed E-state index contributed by atoms with van der Waals surface area (Å²) in [5.41, 5.74) is 0. The molecule has 2 unspecified atom stereocenters. The van der Waals surface area contributed by atoms with Gasteiger partial charge in [0.25, 0.3) is 0 Å². The van der Waals surface area contributed by atoms with Crippen LogP contribution in [0.5, 0.6) is 0 Å². The Hall–Kier alpha value is -2.60. The van der Waals surface area contributed by atoms with E-state index in [-0.39, 0.29) is 26.1 Å². The second kappa shape index (κ2) is 36.7. The molecule has 4 N–H and O–H groups in total. The summed E-state index contributed by atoms with van der Waals surface area (Å²) in [4.78, 5) is 25.3. The number of hydrogen-bond donors (Lipinski definition) is 4. The number of rotatable bonds is 35. The number of hydrogen-bond acceptors (Lipinski definition) is 10. The molecule has 6 atom stereocenters. The van der Waals surface area contributed by atoms with E-state index in [4.69, 9.17) is 18.9 Å². The number of carbonyl (C=O) groups excluding carboxylic acids is 2. The predicted molar refractivity (Wildman–Crippen MR) is 224 cm³/mol.